The first kappa shape index (κ1) is 24.5. The minimum atomic E-state index is -4.41. The molecule has 0 spiro atoms. The lowest BCUT2D eigenvalue weighted by Crippen LogP contribution is -2.41. The monoisotopic (exact) mass is 503 g/mol. The number of urea groups is 1. The van der Waals surface area contributed by atoms with Crippen LogP contribution >= 0.6 is 0 Å². The van der Waals surface area contributed by atoms with Gasteiger partial charge >= 0.3 is 6.03 Å². The zero-order valence-electron chi connectivity index (χ0n) is 19.3. The summed E-state index contributed by atoms with van der Waals surface area (Å²) in [5.74, 6) is 0.113. The Morgan fingerprint density at radius 3 is 2.25 bits per heavy atom. The quantitative estimate of drug-likeness (QED) is 0.544. The van der Waals surface area contributed by atoms with Crippen molar-refractivity contribution in [2.45, 2.75) is 19.8 Å². The van der Waals surface area contributed by atoms with E-state index in [1.54, 1.807) is 18.6 Å². The number of carbonyl (C=O) groups is 2. The van der Waals surface area contributed by atoms with Gasteiger partial charge in [0.1, 0.15) is 17.9 Å². The van der Waals surface area contributed by atoms with E-state index in [4.69, 9.17) is 0 Å². The van der Waals surface area contributed by atoms with Crippen molar-refractivity contribution in [1.29, 1.82) is 0 Å². The zero-order chi connectivity index (χ0) is 25.7. The maximum absolute atomic E-state index is 11.7. The second-order valence-corrected chi connectivity index (χ2v) is 9.30. The number of benzene rings is 2. The SMILES string of the molecule is C1=CC(c2ccccc2)c2ccccc21.Cc1nc(C)nc(NC(=O)NS(=O)(=O)C2=NN=CC2=O)n1. The molecule has 1 aliphatic heterocycles. The summed E-state index contributed by atoms with van der Waals surface area (Å²) in [7, 11) is -4.41. The number of amides is 2. The fourth-order valence-electron chi connectivity index (χ4n) is 3.59. The summed E-state index contributed by atoms with van der Waals surface area (Å²) >= 11 is 0. The number of anilines is 1. The number of hydrogen-bond acceptors (Lipinski definition) is 9. The number of nitrogens with one attached hydrogen (secondary N) is 2. The molecule has 2 aromatic carbocycles. The van der Waals surface area contributed by atoms with Crippen molar-refractivity contribution in [1.82, 2.24) is 19.7 Å². The van der Waals surface area contributed by atoms with E-state index in [1.165, 1.54) is 16.7 Å². The Kier molecular flexibility index (Phi) is 7.06. The third kappa shape index (κ3) is 5.73. The molecule has 36 heavy (non-hydrogen) atoms. The number of sulfonamides is 1. The summed E-state index contributed by atoms with van der Waals surface area (Å²) in [6.45, 7) is 3.16. The Hall–Kier alpha value is -4.58. The van der Waals surface area contributed by atoms with Gasteiger partial charge in [-0.05, 0) is 30.5 Å². The Morgan fingerprint density at radius 2 is 1.58 bits per heavy atom. The van der Waals surface area contributed by atoms with Gasteiger partial charge in [-0.1, -0.05) is 66.7 Å². The van der Waals surface area contributed by atoms with E-state index in [9.17, 15) is 18.0 Å². The van der Waals surface area contributed by atoms with E-state index in [-0.39, 0.29) is 5.95 Å². The van der Waals surface area contributed by atoms with Crippen LogP contribution in [0.25, 0.3) is 6.08 Å². The molecular weight excluding hydrogens is 482 g/mol. The lowest BCUT2D eigenvalue weighted by atomic mass is 9.93. The van der Waals surface area contributed by atoms with Crippen molar-refractivity contribution >= 4 is 45.1 Å². The molecule has 0 fully saturated rings. The van der Waals surface area contributed by atoms with Crippen LogP contribution in [0.1, 0.15) is 34.3 Å². The molecule has 1 aromatic heterocycles. The van der Waals surface area contributed by atoms with Crippen LogP contribution in [0.2, 0.25) is 0 Å². The number of aryl methyl sites for hydroxylation is 2. The minimum absolute atomic E-state index is 0.122. The molecule has 11 nitrogen and oxygen atoms in total. The smallest absolute Gasteiger partial charge is 0.285 e. The van der Waals surface area contributed by atoms with Gasteiger partial charge in [0, 0.05) is 5.92 Å². The maximum Gasteiger partial charge on any atom is 0.335 e. The topological polar surface area (TPSA) is 156 Å². The largest absolute Gasteiger partial charge is 0.335 e. The number of carbonyl (C=O) groups excluding carboxylic acids is 2. The van der Waals surface area contributed by atoms with Crippen LogP contribution in [0.3, 0.4) is 0 Å². The highest BCUT2D eigenvalue weighted by molar-refractivity contribution is 8.07. The van der Waals surface area contributed by atoms with Crippen LogP contribution in [0.15, 0.2) is 70.9 Å². The van der Waals surface area contributed by atoms with Gasteiger partial charge in [-0.25, -0.2) is 14.5 Å². The molecular formula is C24H21N7O4S. The van der Waals surface area contributed by atoms with Gasteiger partial charge in [0.25, 0.3) is 10.0 Å². The Balaban J connectivity index is 0.000000178. The van der Waals surface area contributed by atoms with Gasteiger partial charge in [0.15, 0.2) is 0 Å². The Morgan fingerprint density at radius 1 is 0.917 bits per heavy atom. The first-order chi connectivity index (χ1) is 17.2. The standard InChI is InChI=1S/C15H12.C9H9N7O4S/c1-2-6-12(7-3-1)15-11-10-13-8-4-5-9-14(13)15;1-4-11-5(2)13-8(12-4)14-9(18)16-21(19,20)7-6(17)3-10-15-7/h1-11,15H;3H,1-2H3,(H2,11,12,13,14,16,18). The normalized spacial score (nSPS) is 15.6. The van der Waals surface area contributed by atoms with Crippen molar-refractivity contribution in [3.05, 3.63) is 89.0 Å². The Labute approximate surface area is 207 Å². The maximum atomic E-state index is 11.7. The molecule has 5 rings (SSSR count). The first-order valence-corrected chi connectivity index (χ1v) is 12.2. The summed E-state index contributed by atoms with van der Waals surface area (Å²) in [5, 5.41) is 7.56. The number of rotatable bonds is 2. The van der Waals surface area contributed by atoms with Crippen molar-refractivity contribution < 1.29 is 18.0 Å². The number of allylic oxidation sites excluding steroid dienone is 1. The average Bonchev–Trinajstić information content (AvgIpc) is 3.46. The Bertz CT molecular complexity index is 1500. The van der Waals surface area contributed by atoms with E-state index in [2.05, 4.69) is 97.2 Å². The zero-order valence-corrected chi connectivity index (χ0v) is 20.1. The summed E-state index contributed by atoms with van der Waals surface area (Å²) in [4.78, 5) is 34.3. The van der Waals surface area contributed by atoms with Gasteiger partial charge in [-0.3, -0.25) is 10.1 Å². The number of Topliss-reactive ketones (excluding diaryl/α,β-unsaturated/α-hetero) is 1. The second kappa shape index (κ2) is 10.4. The molecule has 12 heteroatoms. The summed E-state index contributed by atoms with van der Waals surface area (Å²) < 4.78 is 25.0. The van der Waals surface area contributed by atoms with Crippen LogP contribution < -0.4 is 10.0 Å². The molecule has 1 atom stereocenters. The third-order valence-electron chi connectivity index (χ3n) is 5.06. The number of nitrogens with zero attached hydrogens (tertiary/aromatic N) is 5. The predicted octanol–water partition coefficient (Wildman–Crippen LogP) is 2.75. The van der Waals surface area contributed by atoms with Crippen LogP contribution in [0.5, 0.6) is 0 Å². The predicted molar refractivity (Wildman–Crippen MR) is 135 cm³/mol. The molecule has 2 amide bonds. The molecule has 2 N–H and O–H groups in total. The summed E-state index contributed by atoms with van der Waals surface area (Å²) in [5.41, 5.74) is 4.15. The van der Waals surface area contributed by atoms with Crippen LogP contribution in [-0.2, 0) is 14.8 Å². The summed E-state index contributed by atoms with van der Waals surface area (Å²) in [6.07, 6.45) is 5.22. The van der Waals surface area contributed by atoms with Crippen molar-refractivity contribution in [2.24, 2.45) is 10.2 Å². The molecule has 2 aliphatic rings. The molecule has 0 saturated heterocycles. The molecule has 1 aliphatic carbocycles. The lowest BCUT2D eigenvalue weighted by Gasteiger charge is -2.10. The summed E-state index contributed by atoms with van der Waals surface area (Å²) in [6, 6.07) is 18.1. The molecule has 0 saturated carbocycles. The molecule has 3 aromatic rings. The van der Waals surface area contributed by atoms with Crippen LogP contribution in [-0.4, -0.2) is 46.4 Å². The van der Waals surface area contributed by atoms with Gasteiger partial charge in [0.05, 0.1) is 0 Å². The first-order valence-electron chi connectivity index (χ1n) is 10.7. The van der Waals surface area contributed by atoms with Gasteiger partial charge in [0.2, 0.25) is 16.8 Å². The van der Waals surface area contributed by atoms with E-state index in [1.807, 2.05) is 0 Å². The molecule has 1 unspecified atom stereocenters. The molecule has 182 valence electrons. The van der Waals surface area contributed by atoms with Crippen molar-refractivity contribution in [3.8, 4) is 0 Å². The van der Waals surface area contributed by atoms with Crippen LogP contribution in [0.4, 0.5) is 10.7 Å². The van der Waals surface area contributed by atoms with Gasteiger partial charge < -0.3 is 0 Å². The van der Waals surface area contributed by atoms with Gasteiger partial charge in [-0.15, -0.1) is 5.10 Å². The third-order valence-corrected chi connectivity index (χ3v) is 6.30. The van der Waals surface area contributed by atoms with E-state index < -0.39 is 26.9 Å². The van der Waals surface area contributed by atoms with E-state index in [0.717, 1.165) is 6.21 Å². The molecule has 0 radical (unpaired) electrons. The molecule has 2 heterocycles. The minimum Gasteiger partial charge on any atom is -0.285 e. The average molecular weight is 504 g/mol. The van der Waals surface area contributed by atoms with Crippen molar-refractivity contribution in [2.75, 3.05) is 5.32 Å². The number of aromatic nitrogens is 3. The number of hydrogen-bond donors (Lipinski definition) is 2. The highest BCUT2D eigenvalue weighted by atomic mass is 32.2. The van der Waals surface area contributed by atoms with E-state index in [0.29, 0.717) is 17.6 Å². The number of ketones is 1. The number of fused-ring (bicyclic) bond motifs is 1. The van der Waals surface area contributed by atoms with E-state index >= 15 is 0 Å². The molecule has 0 bridgehead atoms. The highest BCUT2D eigenvalue weighted by Gasteiger charge is 2.31. The van der Waals surface area contributed by atoms with Crippen LogP contribution in [0, 0.1) is 13.8 Å². The highest BCUT2D eigenvalue weighted by Crippen LogP contribution is 2.34. The lowest BCUT2D eigenvalue weighted by molar-refractivity contribution is -0.106. The fourth-order valence-corrected chi connectivity index (χ4v) is 4.46. The fraction of sp³-hybridized carbons (Fsp3) is 0.125. The second-order valence-electron chi connectivity index (χ2n) is 7.70. The van der Waals surface area contributed by atoms with Gasteiger partial charge in [-0.2, -0.15) is 23.5 Å². The van der Waals surface area contributed by atoms with Crippen molar-refractivity contribution in [3.63, 3.8) is 0 Å².